The van der Waals surface area contributed by atoms with Gasteiger partial charge in [0.25, 0.3) is 5.91 Å². The lowest BCUT2D eigenvalue weighted by atomic mass is 10.1. The van der Waals surface area contributed by atoms with Crippen LogP contribution >= 0.6 is 11.3 Å². The number of hydrogen-bond donors (Lipinski definition) is 1. The first-order valence-corrected chi connectivity index (χ1v) is 8.37. The monoisotopic (exact) mass is 325 g/mol. The molecular weight excluding hydrogens is 310 g/mol. The first-order chi connectivity index (χ1) is 11.3. The predicted octanol–water partition coefficient (Wildman–Crippen LogP) is 2.42. The Morgan fingerprint density at radius 1 is 1.39 bits per heavy atom. The van der Waals surface area contributed by atoms with Gasteiger partial charge in [-0.15, -0.1) is 11.3 Å². The number of benzene rings is 1. The molecule has 1 aromatic heterocycles. The number of carbonyl (C=O) groups excluding carboxylic acids is 1. The number of rotatable bonds is 2. The molecule has 0 bridgehead atoms. The number of amidine groups is 1. The summed E-state index contributed by atoms with van der Waals surface area (Å²) in [6.45, 7) is 0.761. The topological polar surface area (TPSA) is 70.0 Å². The summed E-state index contributed by atoms with van der Waals surface area (Å²) in [5.41, 5.74) is 6.15. The number of thiazole rings is 1. The predicted molar refractivity (Wildman–Crippen MR) is 90.4 cm³/mol. The van der Waals surface area contributed by atoms with Crippen LogP contribution in [0.1, 0.15) is 28.1 Å². The Balaban J connectivity index is 1.66. The molecule has 0 aliphatic carbocycles. The Bertz CT molecular complexity index is 784. The molecule has 6 nitrogen and oxygen atoms in total. The summed E-state index contributed by atoms with van der Waals surface area (Å²) in [6, 6.07) is 7.43. The highest BCUT2D eigenvalue weighted by atomic mass is 32.1. The zero-order chi connectivity index (χ0) is 15.6. The lowest BCUT2D eigenvalue weighted by Gasteiger charge is -2.23. The number of hydrazone groups is 1. The molecule has 2 aromatic rings. The van der Waals surface area contributed by atoms with Crippen molar-refractivity contribution in [3.8, 4) is 0 Å². The third kappa shape index (κ3) is 2.63. The smallest absolute Gasteiger partial charge is 0.256 e. The fourth-order valence-corrected chi connectivity index (χ4v) is 3.43. The van der Waals surface area contributed by atoms with Crippen molar-refractivity contribution >= 4 is 35.0 Å². The van der Waals surface area contributed by atoms with Gasteiger partial charge in [0.05, 0.1) is 33.9 Å². The lowest BCUT2D eigenvalue weighted by molar-refractivity contribution is 0.0771. The van der Waals surface area contributed by atoms with E-state index in [-0.39, 0.29) is 11.9 Å². The molecular formula is C16H15N5OS. The van der Waals surface area contributed by atoms with Gasteiger partial charge in [-0.3, -0.25) is 15.2 Å². The van der Waals surface area contributed by atoms with Crippen molar-refractivity contribution in [3.63, 3.8) is 0 Å². The van der Waals surface area contributed by atoms with Crippen LogP contribution in [0.4, 0.5) is 5.69 Å². The quantitative estimate of drug-likeness (QED) is 0.681. The number of amides is 1. The number of aromatic nitrogens is 1. The van der Waals surface area contributed by atoms with Crippen molar-refractivity contribution in [1.82, 2.24) is 15.3 Å². The van der Waals surface area contributed by atoms with Crippen molar-refractivity contribution in [2.45, 2.75) is 18.9 Å². The molecule has 23 heavy (non-hydrogen) atoms. The van der Waals surface area contributed by atoms with Crippen LogP contribution in [0.3, 0.4) is 0 Å². The summed E-state index contributed by atoms with van der Waals surface area (Å²) in [7, 11) is 0. The van der Waals surface area contributed by atoms with Crippen molar-refractivity contribution in [2.75, 3.05) is 6.54 Å². The SMILES string of the molecule is O=C1c2ccccc2N=C(NN=Cc2cncs2)[C@@H]2CCCN12. The minimum absolute atomic E-state index is 0.0338. The second kappa shape index (κ2) is 5.92. The standard InChI is InChI=1S/C16H15N5OS/c22-16-12-4-1-2-5-13(12)19-15(14-6-3-7-21(14)16)20-18-9-11-8-17-10-23-11/h1-2,4-5,8-10,14H,3,6-7H2,(H,19,20)/t14-/m0/s1. The van der Waals surface area contributed by atoms with Gasteiger partial charge in [0.2, 0.25) is 0 Å². The second-order valence-electron chi connectivity index (χ2n) is 5.44. The van der Waals surface area contributed by atoms with Crippen LogP contribution in [0.25, 0.3) is 0 Å². The average Bonchev–Trinajstić information content (AvgIpc) is 3.23. The van der Waals surface area contributed by atoms with Crippen LogP contribution in [-0.4, -0.2) is 40.4 Å². The lowest BCUT2D eigenvalue weighted by Crippen LogP contribution is -2.43. The van der Waals surface area contributed by atoms with Crippen LogP contribution in [0.15, 0.2) is 46.1 Å². The van der Waals surface area contributed by atoms with Gasteiger partial charge in [-0.25, -0.2) is 4.99 Å². The van der Waals surface area contributed by atoms with E-state index in [4.69, 9.17) is 0 Å². The number of para-hydroxylation sites is 1. The Morgan fingerprint density at radius 2 is 2.30 bits per heavy atom. The van der Waals surface area contributed by atoms with Gasteiger partial charge in [-0.1, -0.05) is 12.1 Å². The zero-order valence-electron chi connectivity index (χ0n) is 12.3. The third-order valence-electron chi connectivity index (χ3n) is 4.03. The molecule has 2 aliphatic heterocycles. The van der Waals surface area contributed by atoms with Gasteiger partial charge in [0.1, 0.15) is 5.84 Å². The van der Waals surface area contributed by atoms with Crippen molar-refractivity contribution in [1.29, 1.82) is 0 Å². The van der Waals surface area contributed by atoms with E-state index >= 15 is 0 Å². The van der Waals surface area contributed by atoms with E-state index < -0.39 is 0 Å². The minimum Gasteiger partial charge on any atom is -0.328 e. The van der Waals surface area contributed by atoms with Gasteiger partial charge in [0, 0.05) is 12.7 Å². The number of hydrogen-bond acceptors (Lipinski definition) is 6. The van der Waals surface area contributed by atoms with Crippen molar-refractivity contribution in [2.24, 2.45) is 10.1 Å². The van der Waals surface area contributed by atoms with Crippen LogP contribution in [0.2, 0.25) is 0 Å². The molecule has 4 rings (SSSR count). The highest BCUT2D eigenvalue weighted by Gasteiger charge is 2.36. The van der Waals surface area contributed by atoms with Gasteiger partial charge in [0.15, 0.2) is 0 Å². The normalized spacial score (nSPS) is 20.2. The third-order valence-corrected chi connectivity index (χ3v) is 4.74. The maximum atomic E-state index is 12.7. The molecule has 2 aliphatic rings. The number of fused-ring (bicyclic) bond motifs is 2. The number of aliphatic imine (C=N–C) groups is 1. The van der Waals surface area contributed by atoms with Crippen LogP contribution in [0.5, 0.6) is 0 Å². The molecule has 1 N–H and O–H groups in total. The Kier molecular flexibility index (Phi) is 3.63. The van der Waals surface area contributed by atoms with E-state index in [1.807, 2.05) is 29.2 Å². The largest absolute Gasteiger partial charge is 0.328 e. The fraction of sp³-hybridized carbons (Fsp3) is 0.250. The molecule has 0 spiro atoms. The summed E-state index contributed by atoms with van der Waals surface area (Å²) in [5, 5.41) is 4.26. The molecule has 1 amide bonds. The Morgan fingerprint density at radius 3 is 3.17 bits per heavy atom. The molecule has 7 heteroatoms. The van der Waals surface area contributed by atoms with Crippen LogP contribution in [-0.2, 0) is 0 Å². The Hall–Kier alpha value is -2.54. The molecule has 0 radical (unpaired) electrons. The Labute approximate surface area is 137 Å². The molecule has 0 saturated carbocycles. The second-order valence-corrected chi connectivity index (χ2v) is 6.36. The number of nitrogens with zero attached hydrogens (tertiary/aromatic N) is 4. The average molecular weight is 325 g/mol. The summed E-state index contributed by atoms with van der Waals surface area (Å²) in [5.74, 6) is 0.775. The van der Waals surface area contributed by atoms with Crippen molar-refractivity contribution in [3.05, 3.63) is 46.4 Å². The maximum Gasteiger partial charge on any atom is 0.256 e. The van der Waals surface area contributed by atoms with E-state index in [9.17, 15) is 4.79 Å². The first kappa shape index (κ1) is 14.1. The summed E-state index contributed by atoms with van der Waals surface area (Å²) in [6.07, 6.45) is 5.36. The van der Waals surface area contributed by atoms with Crippen molar-refractivity contribution < 1.29 is 4.79 Å². The van der Waals surface area contributed by atoms with Gasteiger partial charge < -0.3 is 4.90 Å². The summed E-state index contributed by atoms with van der Waals surface area (Å²) >= 11 is 1.52. The fourth-order valence-electron chi connectivity index (χ4n) is 2.96. The van der Waals surface area contributed by atoms with E-state index in [1.165, 1.54) is 11.3 Å². The van der Waals surface area contributed by atoms with Crippen LogP contribution < -0.4 is 5.43 Å². The van der Waals surface area contributed by atoms with E-state index in [2.05, 4.69) is 20.5 Å². The molecule has 1 aromatic carbocycles. The van der Waals surface area contributed by atoms with E-state index in [0.29, 0.717) is 11.3 Å². The molecule has 1 atom stereocenters. The van der Waals surface area contributed by atoms with Gasteiger partial charge in [-0.05, 0) is 25.0 Å². The zero-order valence-corrected chi connectivity index (χ0v) is 13.2. The number of carbonyl (C=O) groups is 1. The van der Waals surface area contributed by atoms with Gasteiger partial charge >= 0.3 is 0 Å². The first-order valence-electron chi connectivity index (χ1n) is 7.49. The molecule has 116 valence electrons. The summed E-state index contributed by atoms with van der Waals surface area (Å²) < 4.78 is 0. The van der Waals surface area contributed by atoms with Crippen LogP contribution in [0, 0.1) is 0 Å². The highest BCUT2D eigenvalue weighted by Crippen LogP contribution is 2.30. The molecule has 0 unspecified atom stereocenters. The minimum atomic E-state index is -0.0338. The summed E-state index contributed by atoms with van der Waals surface area (Å²) in [4.78, 5) is 24.2. The highest BCUT2D eigenvalue weighted by molar-refractivity contribution is 7.11. The molecule has 1 fully saturated rings. The number of nitrogens with one attached hydrogen (secondary N) is 1. The van der Waals surface area contributed by atoms with E-state index in [0.717, 1.165) is 30.1 Å². The van der Waals surface area contributed by atoms with Gasteiger partial charge in [-0.2, -0.15) is 5.10 Å². The molecule has 3 heterocycles. The van der Waals surface area contributed by atoms with E-state index in [1.54, 1.807) is 17.9 Å². The maximum absolute atomic E-state index is 12.7. The molecule has 1 saturated heterocycles.